The second-order valence-electron chi connectivity index (χ2n) is 5.60. The van der Waals surface area contributed by atoms with Gasteiger partial charge in [0, 0.05) is 31.9 Å². The molecule has 0 aliphatic rings. The van der Waals surface area contributed by atoms with Crippen molar-refractivity contribution in [3.63, 3.8) is 0 Å². The van der Waals surface area contributed by atoms with Gasteiger partial charge in [0.25, 0.3) is 0 Å². The summed E-state index contributed by atoms with van der Waals surface area (Å²) in [6.45, 7) is 9.81. The fraction of sp³-hybridized carbons (Fsp3) is 0.647. The van der Waals surface area contributed by atoms with E-state index in [4.69, 9.17) is 0 Å². The zero-order valence-electron chi connectivity index (χ0n) is 13.7. The van der Waals surface area contributed by atoms with Gasteiger partial charge in [-0.1, -0.05) is 32.0 Å². The molecule has 0 radical (unpaired) electrons. The highest BCUT2D eigenvalue weighted by Crippen LogP contribution is 2.20. The Morgan fingerprint density at radius 1 is 0.950 bits per heavy atom. The summed E-state index contributed by atoms with van der Waals surface area (Å²) < 4.78 is 0. The molecule has 114 valence electrons. The van der Waals surface area contributed by atoms with Crippen LogP contribution >= 0.6 is 0 Å². The van der Waals surface area contributed by atoms with Gasteiger partial charge in [-0.25, -0.2) is 0 Å². The van der Waals surface area contributed by atoms with Gasteiger partial charge in [0.15, 0.2) is 0 Å². The molecule has 3 nitrogen and oxygen atoms in total. The Kier molecular flexibility index (Phi) is 8.31. The van der Waals surface area contributed by atoms with Crippen molar-refractivity contribution in [2.24, 2.45) is 0 Å². The molecule has 0 atom stereocenters. The summed E-state index contributed by atoms with van der Waals surface area (Å²) in [7, 11) is 4.28. The minimum atomic E-state index is 0.964. The maximum Gasteiger partial charge on any atom is 0.0412 e. The molecule has 0 aliphatic heterocycles. The van der Waals surface area contributed by atoms with Gasteiger partial charge in [0.05, 0.1) is 0 Å². The molecule has 0 amide bonds. The van der Waals surface area contributed by atoms with Crippen molar-refractivity contribution in [1.29, 1.82) is 0 Å². The molecule has 1 aromatic rings. The SMILES string of the molecule is CCCNCc1ccccc1N(CCC)CCN(C)C. The third-order valence-electron chi connectivity index (χ3n) is 3.39. The molecule has 0 saturated carbocycles. The van der Waals surface area contributed by atoms with E-state index in [0.29, 0.717) is 0 Å². The summed E-state index contributed by atoms with van der Waals surface area (Å²) in [4.78, 5) is 4.77. The quantitative estimate of drug-likeness (QED) is 0.663. The van der Waals surface area contributed by atoms with E-state index in [1.165, 1.54) is 24.1 Å². The smallest absolute Gasteiger partial charge is 0.0412 e. The number of anilines is 1. The second-order valence-corrected chi connectivity index (χ2v) is 5.60. The molecule has 0 saturated heterocycles. The molecule has 0 heterocycles. The van der Waals surface area contributed by atoms with E-state index in [-0.39, 0.29) is 0 Å². The van der Waals surface area contributed by atoms with Crippen molar-refractivity contribution < 1.29 is 0 Å². The monoisotopic (exact) mass is 277 g/mol. The van der Waals surface area contributed by atoms with Crippen molar-refractivity contribution >= 4 is 5.69 Å². The van der Waals surface area contributed by atoms with Crippen molar-refractivity contribution in [3.05, 3.63) is 29.8 Å². The minimum absolute atomic E-state index is 0.964. The zero-order chi connectivity index (χ0) is 14.8. The Morgan fingerprint density at radius 2 is 1.70 bits per heavy atom. The molecule has 0 spiro atoms. The molecule has 0 aliphatic carbocycles. The van der Waals surface area contributed by atoms with E-state index in [1.807, 2.05) is 0 Å². The van der Waals surface area contributed by atoms with Crippen LogP contribution in [0.2, 0.25) is 0 Å². The highest BCUT2D eigenvalue weighted by molar-refractivity contribution is 5.53. The van der Waals surface area contributed by atoms with Gasteiger partial charge in [-0.05, 0) is 45.1 Å². The average Bonchev–Trinajstić information content (AvgIpc) is 2.44. The summed E-state index contributed by atoms with van der Waals surface area (Å²) in [5, 5.41) is 3.52. The number of nitrogens with one attached hydrogen (secondary N) is 1. The van der Waals surface area contributed by atoms with E-state index in [1.54, 1.807) is 0 Å². The molecule has 20 heavy (non-hydrogen) atoms. The van der Waals surface area contributed by atoms with Crippen LogP contribution in [-0.2, 0) is 6.54 Å². The van der Waals surface area contributed by atoms with Crippen LogP contribution in [0.3, 0.4) is 0 Å². The lowest BCUT2D eigenvalue weighted by Gasteiger charge is -2.28. The number of hydrogen-bond donors (Lipinski definition) is 1. The predicted octanol–water partition coefficient (Wildman–Crippen LogP) is 2.96. The number of benzene rings is 1. The van der Waals surface area contributed by atoms with Crippen LogP contribution in [0.15, 0.2) is 24.3 Å². The Morgan fingerprint density at radius 3 is 2.35 bits per heavy atom. The van der Waals surface area contributed by atoms with Gasteiger partial charge in [-0.2, -0.15) is 0 Å². The molecule has 1 aromatic carbocycles. The molecule has 1 rings (SSSR count). The molecule has 0 bridgehead atoms. The predicted molar refractivity (Wildman–Crippen MR) is 89.5 cm³/mol. The Balaban J connectivity index is 2.77. The number of para-hydroxylation sites is 1. The van der Waals surface area contributed by atoms with Gasteiger partial charge in [-0.15, -0.1) is 0 Å². The normalized spacial score (nSPS) is 11.1. The van der Waals surface area contributed by atoms with E-state index in [0.717, 1.165) is 32.7 Å². The first-order valence-corrected chi connectivity index (χ1v) is 7.87. The largest absolute Gasteiger partial charge is 0.370 e. The fourth-order valence-electron chi connectivity index (χ4n) is 2.31. The van der Waals surface area contributed by atoms with Gasteiger partial charge < -0.3 is 15.1 Å². The van der Waals surface area contributed by atoms with E-state index >= 15 is 0 Å². The van der Waals surface area contributed by atoms with Crippen LogP contribution in [-0.4, -0.2) is 45.2 Å². The van der Waals surface area contributed by atoms with Crippen molar-refractivity contribution in [1.82, 2.24) is 10.2 Å². The highest BCUT2D eigenvalue weighted by Gasteiger charge is 2.10. The standard InChI is InChI=1S/C17H31N3/c1-5-11-18-15-16-9-7-8-10-17(16)20(12-6-2)14-13-19(3)4/h7-10,18H,5-6,11-15H2,1-4H3. The van der Waals surface area contributed by atoms with Crippen molar-refractivity contribution in [2.75, 3.05) is 45.2 Å². The number of hydrogen-bond acceptors (Lipinski definition) is 3. The van der Waals surface area contributed by atoms with Crippen molar-refractivity contribution in [2.45, 2.75) is 33.2 Å². The van der Waals surface area contributed by atoms with Gasteiger partial charge in [0.1, 0.15) is 0 Å². The van der Waals surface area contributed by atoms with E-state index < -0.39 is 0 Å². The molecule has 1 N–H and O–H groups in total. The molecular weight excluding hydrogens is 246 g/mol. The van der Waals surface area contributed by atoms with Crippen LogP contribution in [0, 0.1) is 0 Å². The number of likely N-dealkylation sites (N-methyl/N-ethyl adjacent to an activating group) is 1. The maximum atomic E-state index is 3.52. The summed E-state index contributed by atoms with van der Waals surface area (Å²) in [6.07, 6.45) is 2.37. The third kappa shape index (κ3) is 5.93. The molecule has 0 unspecified atom stereocenters. The lowest BCUT2D eigenvalue weighted by atomic mass is 10.1. The maximum absolute atomic E-state index is 3.52. The summed E-state index contributed by atoms with van der Waals surface area (Å²) in [5.74, 6) is 0. The van der Waals surface area contributed by atoms with Gasteiger partial charge in [-0.3, -0.25) is 0 Å². The Labute approximate surface area is 125 Å². The first-order valence-electron chi connectivity index (χ1n) is 7.87. The van der Waals surface area contributed by atoms with Crippen molar-refractivity contribution in [3.8, 4) is 0 Å². The first-order chi connectivity index (χ1) is 9.69. The van der Waals surface area contributed by atoms with E-state index in [9.17, 15) is 0 Å². The van der Waals surface area contributed by atoms with Crippen LogP contribution < -0.4 is 10.2 Å². The third-order valence-corrected chi connectivity index (χ3v) is 3.39. The lowest BCUT2D eigenvalue weighted by molar-refractivity contribution is 0.412. The minimum Gasteiger partial charge on any atom is -0.370 e. The molecular formula is C17H31N3. The topological polar surface area (TPSA) is 18.5 Å². The molecule has 0 fully saturated rings. The highest BCUT2D eigenvalue weighted by atomic mass is 15.2. The summed E-state index contributed by atoms with van der Waals surface area (Å²) in [5.41, 5.74) is 2.80. The fourth-order valence-corrected chi connectivity index (χ4v) is 2.31. The second kappa shape index (κ2) is 9.78. The average molecular weight is 277 g/mol. The molecule has 3 heteroatoms. The van der Waals surface area contributed by atoms with E-state index in [2.05, 4.69) is 67.3 Å². The van der Waals surface area contributed by atoms with Crippen LogP contribution in [0.4, 0.5) is 5.69 Å². The summed E-state index contributed by atoms with van der Waals surface area (Å²) >= 11 is 0. The number of rotatable bonds is 10. The first kappa shape index (κ1) is 17.0. The Bertz CT molecular complexity index is 363. The van der Waals surface area contributed by atoms with Crippen LogP contribution in [0.5, 0.6) is 0 Å². The van der Waals surface area contributed by atoms with Gasteiger partial charge >= 0.3 is 0 Å². The summed E-state index contributed by atoms with van der Waals surface area (Å²) in [6, 6.07) is 8.80. The zero-order valence-corrected chi connectivity index (χ0v) is 13.7. The molecule has 0 aromatic heterocycles. The Hall–Kier alpha value is -1.06. The number of nitrogens with zero attached hydrogens (tertiary/aromatic N) is 2. The van der Waals surface area contributed by atoms with Crippen LogP contribution in [0.1, 0.15) is 32.3 Å². The lowest BCUT2D eigenvalue weighted by Crippen LogP contribution is -2.33. The van der Waals surface area contributed by atoms with Crippen LogP contribution in [0.25, 0.3) is 0 Å². The van der Waals surface area contributed by atoms with Gasteiger partial charge in [0.2, 0.25) is 0 Å².